The zero-order chi connectivity index (χ0) is 12.1. The Morgan fingerprint density at radius 3 is 2.88 bits per heavy atom. The zero-order valence-corrected chi connectivity index (χ0v) is 10.8. The molecule has 4 nitrogen and oxygen atoms in total. The topological polar surface area (TPSA) is 41.1 Å². The van der Waals surface area contributed by atoms with E-state index in [1.165, 1.54) is 24.8 Å². The highest BCUT2D eigenvalue weighted by Gasteiger charge is 2.21. The normalized spacial score (nSPS) is 15.6. The second-order valence-electron chi connectivity index (χ2n) is 4.74. The van der Waals surface area contributed by atoms with Crippen molar-refractivity contribution in [2.75, 3.05) is 25.0 Å². The van der Waals surface area contributed by atoms with E-state index in [1.54, 1.807) is 6.33 Å². The Balaban J connectivity index is 2.10. The first-order valence-electron chi connectivity index (χ1n) is 6.53. The summed E-state index contributed by atoms with van der Waals surface area (Å²) in [6.45, 7) is 5.19. The summed E-state index contributed by atoms with van der Waals surface area (Å²) in [6.07, 6.45) is 7.72. The average molecular weight is 234 g/mol. The van der Waals surface area contributed by atoms with Crippen LogP contribution in [0.25, 0.3) is 0 Å². The molecule has 1 aliphatic carbocycles. The zero-order valence-electron chi connectivity index (χ0n) is 10.8. The van der Waals surface area contributed by atoms with E-state index in [4.69, 9.17) is 0 Å². The van der Waals surface area contributed by atoms with Crippen molar-refractivity contribution in [2.45, 2.75) is 32.7 Å². The van der Waals surface area contributed by atoms with E-state index in [1.807, 2.05) is 13.2 Å². The summed E-state index contributed by atoms with van der Waals surface area (Å²) < 4.78 is 0. The maximum absolute atomic E-state index is 4.45. The largest absolute Gasteiger partial charge is 0.356 e. The Bertz CT molecular complexity index is 349. The molecular weight excluding hydrogens is 212 g/mol. The number of hydrogen-bond donors (Lipinski definition) is 1. The number of anilines is 1. The van der Waals surface area contributed by atoms with Crippen LogP contribution in [0.1, 0.15) is 31.7 Å². The van der Waals surface area contributed by atoms with E-state index in [9.17, 15) is 0 Å². The molecule has 94 valence electrons. The summed E-state index contributed by atoms with van der Waals surface area (Å²) >= 11 is 0. The molecule has 0 aromatic carbocycles. The molecule has 0 aliphatic heterocycles. The van der Waals surface area contributed by atoms with Crippen molar-refractivity contribution >= 4 is 5.82 Å². The Morgan fingerprint density at radius 1 is 1.47 bits per heavy atom. The molecule has 0 radical (unpaired) electrons. The minimum Gasteiger partial charge on any atom is -0.356 e. The van der Waals surface area contributed by atoms with E-state index in [0.29, 0.717) is 0 Å². The Kier molecular flexibility index (Phi) is 4.31. The fraction of sp³-hybridized carbons (Fsp3) is 0.692. The molecule has 1 aromatic heterocycles. The van der Waals surface area contributed by atoms with Crippen molar-refractivity contribution in [1.29, 1.82) is 0 Å². The maximum atomic E-state index is 4.45. The van der Waals surface area contributed by atoms with Gasteiger partial charge in [-0.3, -0.25) is 0 Å². The van der Waals surface area contributed by atoms with Gasteiger partial charge in [-0.1, -0.05) is 6.42 Å². The maximum Gasteiger partial charge on any atom is 0.136 e. The molecule has 0 atom stereocenters. The summed E-state index contributed by atoms with van der Waals surface area (Å²) in [4.78, 5) is 11.0. The number of aromatic nitrogens is 2. The van der Waals surface area contributed by atoms with E-state index in [-0.39, 0.29) is 0 Å². The third kappa shape index (κ3) is 2.94. The van der Waals surface area contributed by atoms with Crippen molar-refractivity contribution in [3.63, 3.8) is 0 Å². The van der Waals surface area contributed by atoms with Crippen LogP contribution < -0.4 is 10.2 Å². The third-order valence-electron chi connectivity index (χ3n) is 3.52. The minimum atomic E-state index is 0.831. The number of hydrogen-bond acceptors (Lipinski definition) is 4. The molecular formula is C13H22N4. The molecule has 4 heteroatoms. The SMILES string of the molecule is CCN(CC1CCC1)c1ncncc1CNC. The molecule has 0 bridgehead atoms. The van der Waals surface area contributed by atoms with Crippen molar-refractivity contribution in [1.82, 2.24) is 15.3 Å². The van der Waals surface area contributed by atoms with Crippen LogP contribution in [0.3, 0.4) is 0 Å². The van der Waals surface area contributed by atoms with Crippen LogP contribution in [0.15, 0.2) is 12.5 Å². The van der Waals surface area contributed by atoms with Gasteiger partial charge in [0, 0.05) is 31.4 Å². The fourth-order valence-electron chi connectivity index (χ4n) is 2.30. The lowest BCUT2D eigenvalue weighted by molar-refractivity contribution is 0.318. The highest BCUT2D eigenvalue weighted by Crippen LogP contribution is 2.29. The van der Waals surface area contributed by atoms with Gasteiger partial charge >= 0.3 is 0 Å². The molecule has 0 unspecified atom stereocenters. The highest BCUT2D eigenvalue weighted by atomic mass is 15.2. The Hall–Kier alpha value is -1.16. The number of rotatable bonds is 6. The Morgan fingerprint density at radius 2 is 2.29 bits per heavy atom. The lowest BCUT2D eigenvalue weighted by Gasteiger charge is -2.33. The smallest absolute Gasteiger partial charge is 0.136 e. The summed E-state index contributed by atoms with van der Waals surface area (Å²) in [5, 5.41) is 3.18. The quantitative estimate of drug-likeness (QED) is 0.815. The fourth-order valence-corrected chi connectivity index (χ4v) is 2.30. The van der Waals surface area contributed by atoms with Crippen molar-refractivity contribution in [3.05, 3.63) is 18.1 Å². The average Bonchev–Trinajstić information content (AvgIpc) is 2.30. The van der Waals surface area contributed by atoms with Gasteiger partial charge in [0.2, 0.25) is 0 Å². The van der Waals surface area contributed by atoms with Gasteiger partial charge in [0.1, 0.15) is 12.1 Å². The van der Waals surface area contributed by atoms with Gasteiger partial charge in [0.25, 0.3) is 0 Å². The second-order valence-corrected chi connectivity index (χ2v) is 4.74. The van der Waals surface area contributed by atoms with Crippen LogP contribution in [0.2, 0.25) is 0 Å². The van der Waals surface area contributed by atoms with Gasteiger partial charge in [-0.05, 0) is 32.7 Å². The van der Waals surface area contributed by atoms with Gasteiger partial charge in [-0.25, -0.2) is 9.97 Å². The van der Waals surface area contributed by atoms with E-state index >= 15 is 0 Å². The summed E-state index contributed by atoms with van der Waals surface area (Å²) in [7, 11) is 1.96. The van der Waals surface area contributed by atoms with Crippen molar-refractivity contribution in [3.8, 4) is 0 Å². The van der Waals surface area contributed by atoms with Crippen LogP contribution in [-0.4, -0.2) is 30.1 Å². The van der Waals surface area contributed by atoms with Crippen molar-refractivity contribution < 1.29 is 0 Å². The van der Waals surface area contributed by atoms with Crippen molar-refractivity contribution in [2.24, 2.45) is 5.92 Å². The highest BCUT2D eigenvalue weighted by molar-refractivity contribution is 5.45. The third-order valence-corrected chi connectivity index (χ3v) is 3.52. The molecule has 2 rings (SSSR count). The van der Waals surface area contributed by atoms with Gasteiger partial charge < -0.3 is 10.2 Å². The summed E-state index contributed by atoms with van der Waals surface area (Å²) in [6, 6.07) is 0. The molecule has 0 saturated heterocycles. The number of nitrogens with one attached hydrogen (secondary N) is 1. The molecule has 1 aliphatic rings. The first-order chi connectivity index (χ1) is 8.35. The Labute approximate surface area is 103 Å². The van der Waals surface area contributed by atoms with E-state index < -0.39 is 0 Å². The van der Waals surface area contributed by atoms with E-state index in [2.05, 4.69) is 27.1 Å². The molecule has 1 fully saturated rings. The number of nitrogens with zero attached hydrogens (tertiary/aromatic N) is 3. The van der Waals surface area contributed by atoms with E-state index in [0.717, 1.165) is 31.4 Å². The molecule has 1 heterocycles. The van der Waals surface area contributed by atoms with Crippen LogP contribution >= 0.6 is 0 Å². The standard InChI is InChI=1S/C13H22N4/c1-3-17(9-11-5-4-6-11)13-12(7-14-2)8-15-10-16-13/h8,10-11,14H,3-7,9H2,1-2H3. The van der Waals surface area contributed by atoms with Crippen LogP contribution in [0.4, 0.5) is 5.82 Å². The van der Waals surface area contributed by atoms with Gasteiger partial charge in [0.15, 0.2) is 0 Å². The lowest BCUT2D eigenvalue weighted by Crippen LogP contribution is -2.34. The molecule has 1 N–H and O–H groups in total. The lowest BCUT2D eigenvalue weighted by atomic mass is 9.85. The summed E-state index contributed by atoms with van der Waals surface area (Å²) in [5.74, 6) is 1.97. The van der Waals surface area contributed by atoms with Gasteiger partial charge in [-0.15, -0.1) is 0 Å². The second kappa shape index (κ2) is 5.96. The monoisotopic (exact) mass is 234 g/mol. The first kappa shape index (κ1) is 12.3. The molecule has 17 heavy (non-hydrogen) atoms. The predicted octanol–water partition coefficient (Wildman–Crippen LogP) is 1.82. The predicted molar refractivity (Wildman–Crippen MR) is 70.0 cm³/mol. The van der Waals surface area contributed by atoms with Crippen LogP contribution in [-0.2, 0) is 6.54 Å². The molecule has 1 aromatic rings. The first-order valence-corrected chi connectivity index (χ1v) is 6.53. The summed E-state index contributed by atoms with van der Waals surface area (Å²) in [5.41, 5.74) is 1.19. The van der Waals surface area contributed by atoms with Crippen LogP contribution in [0.5, 0.6) is 0 Å². The minimum absolute atomic E-state index is 0.831. The molecule has 0 amide bonds. The molecule has 1 saturated carbocycles. The molecule has 0 spiro atoms. The van der Waals surface area contributed by atoms with Gasteiger partial charge in [-0.2, -0.15) is 0 Å². The van der Waals surface area contributed by atoms with Gasteiger partial charge in [0.05, 0.1) is 0 Å². The van der Waals surface area contributed by atoms with Crippen LogP contribution in [0, 0.1) is 5.92 Å².